The van der Waals surface area contributed by atoms with E-state index in [1.54, 1.807) is 0 Å². The molecule has 10 heavy (non-hydrogen) atoms. The smallest absolute Gasteiger partial charge is 0.400 e. The molecule has 0 aromatic rings. The largest absolute Gasteiger partial charge is 0.454 e. The minimum absolute atomic E-state index is 0.479. The van der Waals surface area contributed by atoms with Crippen LogP contribution in [0.3, 0.4) is 0 Å². The molecule has 2 nitrogen and oxygen atoms in total. The predicted molar refractivity (Wildman–Crippen MR) is 43.0 cm³/mol. The average Bonchev–Trinajstić information content (AvgIpc) is 1.90. The third kappa shape index (κ3) is 4.56. The van der Waals surface area contributed by atoms with Gasteiger partial charge in [0.15, 0.2) is 0 Å². The Labute approximate surface area is 67.4 Å². The second-order valence-electron chi connectivity index (χ2n) is 2.24. The minimum atomic E-state index is -0.591. The topological polar surface area (TPSA) is 26.3 Å². The van der Waals surface area contributed by atoms with Crippen LogP contribution in [0.4, 0.5) is 4.79 Å². The number of carbonyl (C=O) groups excluding carboxylic acids is 1. The molecule has 0 fully saturated rings. The Hall–Kier alpha value is -0.310. The van der Waals surface area contributed by atoms with Crippen LogP contribution < -0.4 is 0 Å². The lowest BCUT2D eigenvalue weighted by Gasteiger charge is -2.09. The van der Waals surface area contributed by atoms with Crippen molar-refractivity contribution in [2.24, 2.45) is 5.92 Å². The molecule has 0 heterocycles. The van der Waals surface area contributed by atoms with Crippen LogP contribution in [-0.2, 0) is 4.74 Å². The zero-order chi connectivity index (χ0) is 7.98. The molecule has 0 aromatic carbocycles. The first-order chi connectivity index (χ1) is 4.70. The Morgan fingerprint density at radius 2 is 2.00 bits per heavy atom. The lowest BCUT2D eigenvalue weighted by atomic mass is 10.1. The maximum atomic E-state index is 10.2. The van der Waals surface area contributed by atoms with Crippen molar-refractivity contribution < 1.29 is 9.53 Å². The summed E-state index contributed by atoms with van der Waals surface area (Å²) in [6.45, 7) is 4.63. The van der Waals surface area contributed by atoms with Crippen molar-refractivity contribution >= 4 is 17.9 Å². The molecule has 0 saturated carbocycles. The fraction of sp³-hybridized carbons (Fsp3) is 0.857. The van der Waals surface area contributed by atoms with Crippen molar-refractivity contribution in [1.29, 1.82) is 0 Å². The Bertz CT molecular complexity index is 99.8. The monoisotopic (exact) mass is 161 g/mol. The van der Waals surface area contributed by atoms with Gasteiger partial charge in [0, 0.05) is 12.6 Å². The van der Waals surface area contributed by atoms with Crippen molar-refractivity contribution in [1.82, 2.24) is 0 Å². The van der Waals surface area contributed by atoms with Gasteiger partial charge in [-0.2, -0.15) is 0 Å². The van der Waals surface area contributed by atoms with Crippen molar-refractivity contribution in [2.75, 3.05) is 6.61 Å². The number of hydrogen-bond donors (Lipinski definition) is 0. The van der Waals surface area contributed by atoms with E-state index in [0.717, 1.165) is 12.8 Å². The van der Waals surface area contributed by atoms with E-state index in [1.165, 1.54) is 0 Å². The number of rotatable bonds is 4. The number of carbonyl (C=O) groups is 1. The van der Waals surface area contributed by atoms with Gasteiger partial charge < -0.3 is 4.74 Å². The van der Waals surface area contributed by atoms with Gasteiger partial charge in [0.25, 0.3) is 0 Å². The van der Waals surface area contributed by atoms with Crippen molar-refractivity contribution in [2.45, 2.75) is 26.7 Å². The van der Waals surface area contributed by atoms with Crippen molar-refractivity contribution in [3.8, 4) is 0 Å². The highest BCUT2D eigenvalue weighted by atomic mass is 32.1. The van der Waals surface area contributed by atoms with E-state index < -0.39 is 5.30 Å². The molecule has 0 amide bonds. The van der Waals surface area contributed by atoms with E-state index in [4.69, 9.17) is 0 Å². The van der Waals surface area contributed by atoms with E-state index in [0.29, 0.717) is 12.5 Å². The Kier molecular flexibility index (Phi) is 5.30. The molecule has 3 heteroatoms. The lowest BCUT2D eigenvalue weighted by molar-refractivity contribution is 0.151. The molecular formula is C7H13O2S. The molecule has 0 aliphatic rings. The molecule has 0 aromatic heterocycles. The third-order valence-corrected chi connectivity index (χ3v) is 1.71. The molecule has 59 valence electrons. The zero-order valence-corrected chi connectivity index (χ0v) is 7.24. The predicted octanol–water partition coefficient (Wildman–Crippen LogP) is 2.76. The summed E-state index contributed by atoms with van der Waals surface area (Å²) in [5.41, 5.74) is 0. The van der Waals surface area contributed by atoms with Gasteiger partial charge in [0.2, 0.25) is 0 Å². The molecule has 0 aliphatic heterocycles. The summed E-state index contributed by atoms with van der Waals surface area (Å²) in [6.07, 6.45) is 2.08. The summed E-state index contributed by atoms with van der Waals surface area (Å²) in [6, 6.07) is 0. The molecule has 0 unspecified atom stereocenters. The van der Waals surface area contributed by atoms with Gasteiger partial charge >= 0.3 is 5.30 Å². The highest BCUT2D eigenvalue weighted by Gasteiger charge is 2.04. The average molecular weight is 161 g/mol. The summed E-state index contributed by atoms with van der Waals surface area (Å²) in [7, 11) is 0. The van der Waals surface area contributed by atoms with Crippen LogP contribution in [-0.4, -0.2) is 11.9 Å². The maximum absolute atomic E-state index is 10.2. The summed E-state index contributed by atoms with van der Waals surface area (Å²) >= 11 is 4.23. The molecule has 0 aliphatic carbocycles. The molecule has 0 N–H and O–H groups in total. The highest BCUT2D eigenvalue weighted by molar-refractivity contribution is 7.96. The number of ether oxygens (including phenoxy) is 1. The van der Waals surface area contributed by atoms with E-state index in [1.807, 2.05) is 0 Å². The fourth-order valence-corrected chi connectivity index (χ4v) is 0.778. The molecular weight excluding hydrogens is 148 g/mol. The standard InChI is InChI=1S/C7H13O2S/c1-3-6(4-2)5-9-7(8)10/h6H,3-5H2,1-2H3. The maximum Gasteiger partial charge on any atom is 0.400 e. The van der Waals surface area contributed by atoms with E-state index in [2.05, 4.69) is 31.2 Å². The second-order valence-corrected chi connectivity index (χ2v) is 2.58. The molecule has 0 atom stereocenters. The molecule has 0 saturated heterocycles. The molecule has 1 radical (unpaired) electrons. The molecule has 0 rings (SSSR count). The summed E-state index contributed by atoms with van der Waals surface area (Å²) < 4.78 is 4.66. The Morgan fingerprint density at radius 1 is 1.50 bits per heavy atom. The first-order valence-corrected chi connectivity index (χ1v) is 3.95. The van der Waals surface area contributed by atoms with Gasteiger partial charge in [0.1, 0.15) is 0 Å². The van der Waals surface area contributed by atoms with Gasteiger partial charge in [-0.15, -0.1) is 0 Å². The normalized spacial score (nSPS) is 9.90. The first kappa shape index (κ1) is 9.69. The van der Waals surface area contributed by atoms with Gasteiger partial charge in [-0.05, 0) is 5.92 Å². The van der Waals surface area contributed by atoms with Crippen LogP contribution in [0.1, 0.15) is 26.7 Å². The van der Waals surface area contributed by atoms with E-state index >= 15 is 0 Å². The van der Waals surface area contributed by atoms with Crippen LogP contribution in [0, 0.1) is 5.92 Å². The highest BCUT2D eigenvalue weighted by Crippen LogP contribution is 2.07. The first-order valence-electron chi connectivity index (χ1n) is 3.54. The summed E-state index contributed by atoms with van der Waals surface area (Å²) in [5.74, 6) is 0.479. The second kappa shape index (κ2) is 5.47. The van der Waals surface area contributed by atoms with Crippen LogP contribution in [0.25, 0.3) is 0 Å². The van der Waals surface area contributed by atoms with Crippen LogP contribution in [0.5, 0.6) is 0 Å². The Balaban J connectivity index is 3.34. The number of hydrogen-bond acceptors (Lipinski definition) is 2. The van der Waals surface area contributed by atoms with E-state index in [9.17, 15) is 4.79 Å². The van der Waals surface area contributed by atoms with Gasteiger partial charge in [-0.25, -0.2) is 4.79 Å². The van der Waals surface area contributed by atoms with Crippen LogP contribution in [0.15, 0.2) is 0 Å². The molecule has 0 spiro atoms. The third-order valence-electron chi connectivity index (χ3n) is 1.59. The van der Waals surface area contributed by atoms with Crippen LogP contribution >= 0.6 is 12.6 Å². The fourth-order valence-electron chi connectivity index (χ4n) is 0.710. The summed E-state index contributed by atoms with van der Waals surface area (Å²) in [4.78, 5) is 10.2. The van der Waals surface area contributed by atoms with Crippen LogP contribution in [0.2, 0.25) is 0 Å². The Morgan fingerprint density at radius 3 is 2.30 bits per heavy atom. The SMILES string of the molecule is CCC(CC)COC(=O)[S]. The van der Waals surface area contributed by atoms with Crippen molar-refractivity contribution in [3.05, 3.63) is 0 Å². The van der Waals surface area contributed by atoms with E-state index in [-0.39, 0.29) is 0 Å². The van der Waals surface area contributed by atoms with Crippen molar-refractivity contribution in [3.63, 3.8) is 0 Å². The molecule has 0 bridgehead atoms. The van der Waals surface area contributed by atoms with Gasteiger partial charge in [-0.3, -0.25) is 0 Å². The quantitative estimate of drug-likeness (QED) is 0.592. The lowest BCUT2D eigenvalue weighted by Crippen LogP contribution is -2.08. The summed E-state index contributed by atoms with van der Waals surface area (Å²) in [5, 5.41) is -0.591. The minimum Gasteiger partial charge on any atom is -0.454 e. The van der Waals surface area contributed by atoms with Gasteiger partial charge in [-0.1, -0.05) is 26.7 Å². The van der Waals surface area contributed by atoms with Gasteiger partial charge in [0.05, 0.1) is 6.61 Å². The zero-order valence-electron chi connectivity index (χ0n) is 6.42.